The zero-order valence-corrected chi connectivity index (χ0v) is 9.57. The van der Waals surface area contributed by atoms with E-state index in [0.717, 1.165) is 37.3 Å². The molecule has 1 aliphatic heterocycles. The number of nitrogens with zero attached hydrogens (tertiary/aromatic N) is 2. The van der Waals surface area contributed by atoms with Gasteiger partial charge in [-0.25, -0.2) is 4.98 Å². The molecule has 0 spiro atoms. The Morgan fingerprint density at radius 2 is 2.19 bits per heavy atom. The van der Waals surface area contributed by atoms with Gasteiger partial charge in [0, 0.05) is 19.3 Å². The summed E-state index contributed by atoms with van der Waals surface area (Å²) in [6, 6.07) is 3.88. The van der Waals surface area contributed by atoms with E-state index >= 15 is 0 Å². The lowest BCUT2D eigenvalue weighted by molar-refractivity contribution is -0.128. The van der Waals surface area contributed by atoms with Crippen molar-refractivity contribution >= 4 is 11.7 Å². The predicted octanol–water partition coefficient (Wildman–Crippen LogP) is 1.42. The number of aryl methyl sites for hydroxylation is 1. The maximum absolute atomic E-state index is 11.7. The predicted molar refractivity (Wildman–Crippen MR) is 63.3 cm³/mol. The second-order valence-electron chi connectivity index (χ2n) is 4.16. The molecule has 16 heavy (non-hydrogen) atoms. The van der Waals surface area contributed by atoms with Crippen molar-refractivity contribution in [3.63, 3.8) is 0 Å². The summed E-state index contributed by atoms with van der Waals surface area (Å²) in [5.41, 5.74) is 1.12. The molecule has 1 aliphatic rings. The van der Waals surface area contributed by atoms with Crippen LogP contribution in [0.3, 0.4) is 0 Å². The van der Waals surface area contributed by atoms with E-state index in [4.69, 9.17) is 0 Å². The average Bonchev–Trinajstić information content (AvgIpc) is 2.81. The molecule has 0 unspecified atom stereocenters. The lowest BCUT2D eigenvalue weighted by Gasteiger charge is -2.15. The summed E-state index contributed by atoms with van der Waals surface area (Å²) in [6.45, 7) is 4.14. The van der Waals surface area contributed by atoms with E-state index < -0.39 is 0 Å². The molecule has 1 saturated heterocycles. The summed E-state index contributed by atoms with van der Waals surface area (Å²) in [6.07, 6.45) is 4.06. The molecule has 0 saturated carbocycles. The highest BCUT2D eigenvalue weighted by atomic mass is 16.2. The van der Waals surface area contributed by atoms with Crippen molar-refractivity contribution in [2.45, 2.75) is 19.8 Å². The largest absolute Gasteiger partial charge is 0.361 e. The van der Waals surface area contributed by atoms with E-state index in [9.17, 15) is 4.79 Å². The molecule has 1 amide bonds. The van der Waals surface area contributed by atoms with Crippen molar-refractivity contribution in [1.29, 1.82) is 0 Å². The molecule has 4 nitrogen and oxygen atoms in total. The molecular weight excluding hydrogens is 202 g/mol. The number of likely N-dealkylation sites (tertiary alicyclic amines) is 1. The molecule has 0 radical (unpaired) electrons. The second kappa shape index (κ2) is 4.96. The minimum absolute atomic E-state index is 0.167. The number of amides is 1. The fraction of sp³-hybridized carbons (Fsp3) is 0.500. The lowest BCUT2D eigenvalue weighted by Crippen LogP contribution is -2.33. The summed E-state index contributed by atoms with van der Waals surface area (Å²) in [5.74, 6) is 0.929. The molecule has 1 fully saturated rings. The highest BCUT2D eigenvalue weighted by molar-refractivity contribution is 5.80. The fourth-order valence-corrected chi connectivity index (χ4v) is 1.82. The minimum Gasteiger partial charge on any atom is -0.361 e. The van der Waals surface area contributed by atoms with Crippen molar-refractivity contribution in [2.75, 3.05) is 25.0 Å². The van der Waals surface area contributed by atoms with E-state index in [-0.39, 0.29) is 5.91 Å². The van der Waals surface area contributed by atoms with Gasteiger partial charge in [0.05, 0.1) is 6.54 Å². The van der Waals surface area contributed by atoms with Gasteiger partial charge in [0.1, 0.15) is 5.82 Å². The van der Waals surface area contributed by atoms with Crippen molar-refractivity contribution in [1.82, 2.24) is 9.88 Å². The number of pyridine rings is 1. The Hall–Kier alpha value is -1.58. The van der Waals surface area contributed by atoms with E-state index in [0.29, 0.717) is 6.54 Å². The zero-order chi connectivity index (χ0) is 11.4. The van der Waals surface area contributed by atoms with E-state index in [2.05, 4.69) is 10.3 Å². The molecule has 4 heteroatoms. The van der Waals surface area contributed by atoms with Crippen LogP contribution in [0.5, 0.6) is 0 Å². The van der Waals surface area contributed by atoms with Gasteiger partial charge >= 0.3 is 0 Å². The van der Waals surface area contributed by atoms with Gasteiger partial charge < -0.3 is 10.2 Å². The number of anilines is 1. The van der Waals surface area contributed by atoms with Crippen LogP contribution in [0.2, 0.25) is 0 Å². The molecule has 1 aromatic heterocycles. The van der Waals surface area contributed by atoms with Gasteiger partial charge in [-0.3, -0.25) is 4.79 Å². The van der Waals surface area contributed by atoms with Crippen LogP contribution in [-0.2, 0) is 4.79 Å². The third-order valence-corrected chi connectivity index (χ3v) is 2.79. The third kappa shape index (κ3) is 2.72. The summed E-state index contributed by atoms with van der Waals surface area (Å²) < 4.78 is 0. The fourth-order valence-electron chi connectivity index (χ4n) is 1.82. The molecule has 0 atom stereocenters. The topological polar surface area (TPSA) is 45.2 Å². The average molecular weight is 219 g/mol. The van der Waals surface area contributed by atoms with Crippen molar-refractivity contribution in [2.24, 2.45) is 0 Å². The molecule has 86 valence electrons. The summed E-state index contributed by atoms with van der Waals surface area (Å²) in [7, 11) is 0. The highest BCUT2D eigenvalue weighted by Gasteiger charge is 2.17. The van der Waals surface area contributed by atoms with Crippen LogP contribution in [-0.4, -0.2) is 35.4 Å². The van der Waals surface area contributed by atoms with Crippen LogP contribution in [0.4, 0.5) is 5.82 Å². The minimum atomic E-state index is 0.167. The Kier molecular flexibility index (Phi) is 3.39. The molecular formula is C12H17N3O. The Morgan fingerprint density at radius 3 is 2.81 bits per heavy atom. The van der Waals surface area contributed by atoms with Crippen molar-refractivity contribution < 1.29 is 4.79 Å². The van der Waals surface area contributed by atoms with Gasteiger partial charge in [-0.1, -0.05) is 6.07 Å². The van der Waals surface area contributed by atoms with Gasteiger partial charge in [-0.15, -0.1) is 0 Å². The molecule has 0 aliphatic carbocycles. The van der Waals surface area contributed by atoms with Crippen LogP contribution >= 0.6 is 0 Å². The van der Waals surface area contributed by atoms with Crippen LogP contribution < -0.4 is 5.32 Å². The van der Waals surface area contributed by atoms with Crippen LogP contribution in [0.1, 0.15) is 18.4 Å². The number of hydrogen-bond acceptors (Lipinski definition) is 3. The molecule has 1 aromatic rings. The second-order valence-corrected chi connectivity index (χ2v) is 4.16. The smallest absolute Gasteiger partial charge is 0.241 e. The standard InChI is InChI=1S/C12H17N3O/c1-10-4-5-11(13-8-10)14-9-12(16)15-6-2-3-7-15/h4-5,8H,2-3,6-7,9H2,1H3,(H,13,14). The quantitative estimate of drug-likeness (QED) is 0.836. The SMILES string of the molecule is Cc1ccc(NCC(=O)N2CCCC2)nc1. The molecule has 0 bridgehead atoms. The highest BCUT2D eigenvalue weighted by Crippen LogP contribution is 2.08. The number of hydrogen-bond donors (Lipinski definition) is 1. The number of nitrogens with one attached hydrogen (secondary N) is 1. The number of aromatic nitrogens is 1. The monoisotopic (exact) mass is 219 g/mol. The molecule has 0 aromatic carbocycles. The van der Waals surface area contributed by atoms with Gasteiger partial charge in [-0.05, 0) is 31.4 Å². The Bertz CT molecular complexity index is 355. The molecule has 2 heterocycles. The Labute approximate surface area is 95.7 Å². The Morgan fingerprint density at radius 1 is 1.44 bits per heavy atom. The van der Waals surface area contributed by atoms with Gasteiger partial charge in [0.15, 0.2) is 0 Å². The first-order valence-electron chi connectivity index (χ1n) is 5.70. The number of carbonyl (C=O) groups excluding carboxylic acids is 1. The summed E-state index contributed by atoms with van der Waals surface area (Å²) >= 11 is 0. The first kappa shape index (κ1) is 10.9. The van der Waals surface area contributed by atoms with Crippen LogP contribution in [0.15, 0.2) is 18.3 Å². The first-order valence-corrected chi connectivity index (χ1v) is 5.70. The van der Waals surface area contributed by atoms with Crippen LogP contribution in [0, 0.1) is 6.92 Å². The summed E-state index contributed by atoms with van der Waals surface area (Å²) in [5, 5.41) is 3.05. The lowest BCUT2D eigenvalue weighted by atomic mass is 10.3. The van der Waals surface area contributed by atoms with Crippen molar-refractivity contribution in [3.05, 3.63) is 23.9 Å². The van der Waals surface area contributed by atoms with Crippen LogP contribution in [0.25, 0.3) is 0 Å². The van der Waals surface area contributed by atoms with E-state index in [1.165, 1.54) is 0 Å². The van der Waals surface area contributed by atoms with Crippen molar-refractivity contribution in [3.8, 4) is 0 Å². The van der Waals surface area contributed by atoms with Gasteiger partial charge in [-0.2, -0.15) is 0 Å². The van der Waals surface area contributed by atoms with E-state index in [1.54, 1.807) is 6.20 Å². The third-order valence-electron chi connectivity index (χ3n) is 2.79. The number of rotatable bonds is 3. The van der Waals surface area contributed by atoms with E-state index in [1.807, 2.05) is 24.0 Å². The normalized spacial score (nSPS) is 15.2. The Balaban J connectivity index is 1.82. The summed E-state index contributed by atoms with van der Waals surface area (Å²) in [4.78, 5) is 17.8. The zero-order valence-electron chi connectivity index (χ0n) is 9.57. The number of carbonyl (C=O) groups is 1. The first-order chi connectivity index (χ1) is 7.75. The molecule has 1 N–H and O–H groups in total. The molecule has 2 rings (SSSR count). The maximum Gasteiger partial charge on any atom is 0.241 e. The van der Waals surface area contributed by atoms with Gasteiger partial charge in [0.25, 0.3) is 0 Å². The maximum atomic E-state index is 11.7. The van der Waals surface area contributed by atoms with Gasteiger partial charge in [0.2, 0.25) is 5.91 Å².